The van der Waals surface area contributed by atoms with Crippen LogP contribution in [0.15, 0.2) is 23.8 Å². The van der Waals surface area contributed by atoms with Crippen LogP contribution < -0.4 is 20.5 Å². The van der Waals surface area contributed by atoms with E-state index in [9.17, 15) is 9.59 Å². The molecule has 2 amide bonds. The second-order valence-corrected chi connectivity index (χ2v) is 6.27. The largest absolute Gasteiger partial charge is 0.493 e. The number of carbonyl (C=O) groups excluding carboxylic acids is 2. The van der Waals surface area contributed by atoms with Crippen molar-refractivity contribution in [3.8, 4) is 11.5 Å². The van der Waals surface area contributed by atoms with Crippen molar-refractivity contribution in [2.24, 2.45) is 5.73 Å². The van der Waals surface area contributed by atoms with Crippen LogP contribution in [0.1, 0.15) is 42.5 Å². The molecule has 0 fully saturated rings. The van der Waals surface area contributed by atoms with E-state index in [1.54, 1.807) is 0 Å². The first-order valence-electron chi connectivity index (χ1n) is 8.26. The molecule has 0 heterocycles. The highest BCUT2D eigenvalue weighted by atomic mass is 35.5. The van der Waals surface area contributed by atoms with E-state index >= 15 is 0 Å². The van der Waals surface area contributed by atoms with E-state index in [-0.39, 0.29) is 29.0 Å². The van der Waals surface area contributed by atoms with Crippen molar-refractivity contribution in [3.63, 3.8) is 0 Å². The molecule has 0 aromatic heterocycles. The van der Waals surface area contributed by atoms with Crippen molar-refractivity contribution in [3.05, 3.63) is 34.4 Å². The third-order valence-corrected chi connectivity index (χ3v) is 4.25. The molecule has 1 aromatic rings. The van der Waals surface area contributed by atoms with Gasteiger partial charge in [-0.25, -0.2) is 0 Å². The van der Waals surface area contributed by atoms with Gasteiger partial charge in [0, 0.05) is 12.1 Å². The molecular formula is C18H23ClN2O4. The van der Waals surface area contributed by atoms with Crippen LogP contribution in [-0.2, 0) is 4.79 Å². The molecule has 25 heavy (non-hydrogen) atoms. The molecule has 1 aromatic carbocycles. The second kappa shape index (κ2) is 9.32. The number of hydrogen-bond donors (Lipinski definition) is 2. The highest BCUT2D eigenvalue weighted by Crippen LogP contribution is 2.36. The molecular weight excluding hydrogens is 344 g/mol. The smallest absolute Gasteiger partial charge is 0.255 e. The normalized spacial score (nSPS) is 13.8. The van der Waals surface area contributed by atoms with Crippen LogP contribution in [0.4, 0.5) is 0 Å². The number of halogens is 1. The predicted octanol–water partition coefficient (Wildman–Crippen LogP) is 2.83. The Balaban J connectivity index is 2.00. The Morgan fingerprint density at radius 2 is 2.12 bits per heavy atom. The van der Waals surface area contributed by atoms with Crippen LogP contribution in [0.25, 0.3) is 0 Å². The van der Waals surface area contributed by atoms with Crippen molar-refractivity contribution in [1.82, 2.24) is 5.32 Å². The summed E-state index contributed by atoms with van der Waals surface area (Å²) in [6.07, 6.45) is 7.83. The number of nitrogens with two attached hydrogens (primary N) is 1. The molecule has 7 heteroatoms. The number of carbonyl (C=O) groups is 2. The summed E-state index contributed by atoms with van der Waals surface area (Å²) >= 11 is 6.15. The Bertz CT molecular complexity index is 673. The predicted molar refractivity (Wildman–Crippen MR) is 96.2 cm³/mol. The number of amides is 2. The molecule has 6 nitrogen and oxygen atoms in total. The van der Waals surface area contributed by atoms with E-state index in [2.05, 4.69) is 11.4 Å². The zero-order chi connectivity index (χ0) is 18.2. The Hall–Kier alpha value is -2.21. The minimum atomic E-state index is -0.628. The maximum absolute atomic E-state index is 12.3. The van der Waals surface area contributed by atoms with Crippen LogP contribution in [-0.4, -0.2) is 32.1 Å². The second-order valence-electron chi connectivity index (χ2n) is 5.86. The number of primary amides is 1. The standard InChI is InChI=1S/C18H23ClN2O4/c1-24-15-10-13(9-14(19)17(15)25-11-16(20)22)18(23)21-8-7-12-5-3-2-4-6-12/h5,9-10H,2-4,6-8,11H2,1H3,(H2,20,22)(H,21,23). The van der Waals surface area contributed by atoms with E-state index < -0.39 is 5.91 Å². The Morgan fingerprint density at radius 3 is 2.76 bits per heavy atom. The van der Waals surface area contributed by atoms with Gasteiger partial charge < -0.3 is 20.5 Å². The first kappa shape index (κ1) is 19.1. The molecule has 0 saturated heterocycles. The van der Waals surface area contributed by atoms with Gasteiger partial charge in [-0.2, -0.15) is 0 Å². The van der Waals surface area contributed by atoms with E-state index in [4.69, 9.17) is 26.8 Å². The number of allylic oxidation sites excluding steroid dienone is 1. The van der Waals surface area contributed by atoms with Crippen molar-refractivity contribution >= 4 is 23.4 Å². The summed E-state index contributed by atoms with van der Waals surface area (Å²) in [5.74, 6) is -0.407. The molecule has 0 spiro atoms. The van der Waals surface area contributed by atoms with E-state index in [1.165, 1.54) is 37.7 Å². The average Bonchev–Trinajstić information content (AvgIpc) is 2.60. The SMILES string of the molecule is COc1cc(C(=O)NCCC2=CCCCC2)cc(Cl)c1OCC(N)=O. The lowest BCUT2D eigenvalue weighted by Gasteiger charge is -2.14. The topological polar surface area (TPSA) is 90.7 Å². The quantitative estimate of drug-likeness (QED) is 0.692. The van der Waals surface area contributed by atoms with Gasteiger partial charge in [-0.3, -0.25) is 9.59 Å². The van der Waals surface area contributed by atoms with Crippen LogP contribution in [0.3, 0.4) is 0 Å². The molecule has 136 valence electrons. The fourth-order valence-corrected chi connectivity index (χ4v) is 2.97. The van der Waals surface area contributed by atoms with Gasteiger partial charge in [-0.1, -0.05) is 23.3 Å². The van der Waals surface area contributed by atoms with Gasteiger partial charge >= 0.3 is 0 Å². The number of methoxy groups -OCH3 is 1. The maximum atomic E-state index is 12.3. The molecule has 0 unspecified atom stereocenters. The third-order valence-electron chi connectivity index (χ3n) is 3.97. The number of hydrogen-bond acceptors (Lipinski definition) is 4. The Kier molecular flexibility index (Phi) is 7.13. The molecule has 0 bridgehead atoms. The molecule has 0 saturated carbocycles. The highest BCUT2D eigenvalue weighted by Gasteiger charge is 2.16. The van der Waals surface area contributed by atoms with Crippen LogP contribution in [0, 0.1) is 0 Å². The summed E-state index contributed by atoms with van der Waals surface area (Å²) in [7, 11) is 1.43. The van der Waals surface area contributed by atoms with Crippen LogP contribution in [0.2, 0.25) is 5.02 Å². The number of nitrogens with one attached hydrogen (secondary N) is 1. The summed E-state index contributed by atoms with van der Waals surface area (Å²) in [4.78, 5) is 23.2. The van der Waals surface area contributed by atoms with Gasteiger partial charge in [-0.15, -0.1) is 0 Å². The lowest BCUT2D eigenvalue weighted by Crippen LogP contribution is -2.25. The third kappa shape index (κ3) is 5.67. The van der Waals surface area contributed by atoms with Crippen molar-refractivity contribution in [2.45, 2.75) is 32.1 Å². The molecule has 0 atom stereocenters. The van der Waals surface area contributed by atoms with Gasteiger partial charge in [0.15, 0.2) is 18.1 Å². The van der Waals surface area contributed by atoms with Crippen molar-refractivity contribution in [2.75, 3.05) is 20.3 Å². The molecule has 0 radical (unpaired) electrons. The Labute approximate surface area is 152 Å². The average molecular weight is 367 g/mol. The molecule has 2 rings (SSSR count). The summed E-state index contributed by atoms with van der Waals surface area (Å²) in [5.41, 5.74) is 6.83. The lowest BCUT2D eigenvalue weighted by molar-refractivity contribution is -0.119. The van der Waals surface area contributed by atoms with E-state index in [1.807, 2.05) is 0 Å². The molecule has 0 aliphatic heterocycles. The van der Waals surface area contributed by atoms with Gasteiger partial charge in [0.1, 0.15) is 0 Å². The lowest BCUT2D eigenvalue weighted by atomic mass is 9.97. The molecule has 3 N–H and O–H groups in total. The van der Waals surface area contributed by atoms with E-state index in [0.29, 0.717) is 12.1 Å². The number of rotatable bonds is 8. The summed E-state index contributed by atoms with van der Waals surface area (Å²) in [5, 5.41) is 3.07. The van der Waals surface area contributed by atoms with Gasteiger partial charge in [0.05, 0.1) is 12.1 Å². The summed E-state index contributed by atoms with van der Waals surface area (Å²) in [6, 6.07) is 3.01. The van der Waals surface area contributed by atoms with E-state index in [0.717, 1.165) is 19.3 Å². The zero-order valence-electron chi connectivity index (χ0n) is 14.3. The minimum Gasteiger partial charge on any atom is -0.493 e. The van der Waals surface area contributed by atoms with Crippen LogP contribution in [0.5, 0.6) is 11.5 Å². The Morgan fingerprint density at radius 1 is 1.32 bits per heavy atom. The number of benzene rings is 1. The van der Waals surface area contributed by atoms with Gasteiger partial charge in [0.25, 0.3) is 11.8 Å². The zero-order valence-corrected chi connectivity index (χ0v) is 15.0. The first-order chi connectivity index (χ1) is 12.0. The van der Waals surface area contributed by atoms with Crippen molar-refractivity contribution in [1.29, 1.82) is 0 Å². The number of ether oxygens (including phenoxy) is 2. The molecule has 1 aliphatic rings. The summed E-state index contributed by atoms with van der Waals surface area (Å²) in [6.45, 7) is 0.251. The van der Waals surface area contributed by atoms with Crippen molar-refractivity contribution < 1.29 is 19.1 Å². The fourth-order valence-electron chi connectivity index (χ4n) is 2.70. The maximum Gasteiger partial charge on any atom is 0.255 e. The highest BCUT2D eigenvalue weighted by molar-refractivity contribution is 6.32. The summed E-state index contributed by atoms with van der Waals surface area (Å²) < 4.78 is 10.4. The van der Waals surface area contributed by atoms with Gasteiger partial charge in [0.2, 0.25) is 0 Å². The van der Waals surface area contributed by atoms with Gasteiger partial charge in [-0.05, 0) is 44.2 Å². The molecule has 1 aliphatic carbocycles. The first-order valence-corrected chi connectivity index (χ1v) is 8.63. The fraction of sp³-hybridized carbons (Fsp3) is 0.444. The van der Waals surface area contributed by atoms with Crippen LogP contribution >= 0.6 is 11.6 Å². The monoisotopic (exact) mass is 366 g/mol. The minimum absolute atomic E-state index is 0.181.